The van der Waals surface area contributed by atoms with E-state index in [1.807, 2.05) is 61.5 Å². The van der Waals surface area contributed by atoms with Crippen molar-refractivity contribution in [2.24, 2.45) is 36.1 Å². The molecular formula is C42H36Cl2N4O6S. The Balaban J connectivity index is 1.15. The van der Waals surface area contributed by atoms with Gasteiger partial charge in [0.15, 0.2) is 11.5 Å². The SMILES string of the molecule is COc1cc([C@H]2C3=CC[C@@H]4C(=O)N(Cc5ccccc5)C(=O)[C@@H]4[C@@H]3C[C@H]3C(=O)N(c4cc(-c5sc6ccc(Cl)cc6c5C)nn4C)C(=O)[C@@]23C)cc(Cl)c1O. The van der Waals surface area contributed by atoms with E-state index in [2.05, 4.69) is 0 Å². The molecule has 2 aliphatic carbocycles. The molecule has 9 rings (SSSR count). The van der Waals surface area contributed by atoms with Crippen molar-refractivity contribution in [2.45, 2.75) is 39.2 Å². The van der Waals surface area contributed by atoms with Crippen molar-refractivity contribution in [1.82, 2.24) is 14.7 Å². The van der Waals surface area contributed by atoms with Crippen molar-refractivity contribution in [3.8, 4) is 22.1 Å². The van der Waals surface area contributed by atoms with Crippen molar-refractivity contribution in [3.63, 3.8) is 0 Å². The first-order valence-corrected chi connectivity index (χ1v) is 19.7. The van der Waals surface area contributed by atoms with Crippen molar-refractivity contribution in [3.05, 3.63) is 105 Å². The molecule has 6 atom stereocenters. The van der Waals surface area contributed by atoms with E-state index >= 15 is 4.79 Å². The number of aromatic hydroxyl groups is 1. The minimum Gasteiger partial charge on any atom is -0.503 e. The van der Waals surface area contributed by atoms with Crippen LogP contribution < -0.4 is 9.64 Å². The third-order valence-corrected chi connectivity index (χ3v) is 14.2. The van der Waals surface area contributed by atoms with Gasteiger partial charge in [0.05, 0.1) is 46.7 Å². The number of aromatic nitrogens is 2. The minimum absolute atomic E-state index is 0.0250. The molecule has 4 amide bonds. The number of hydrogen-bond acceptors (Lipinski definition) is 8. The molecule has 280 valence electrons. The Hall–Kier alpha value is -4.97. The Bertz CT molecular complexity index is 2530. The number of allylic oxidation sites excluding steroid dienone is 2. The van der Waals surface area contributed by atoms with Crippen LogP contribution in [0.3, 0.4) is 0 Å². The number of carbonyl (C=O) groups excluding carboxylic acids is 4. The van der Waals surface area contributed by atoms with Crippen LogP contribution in [0.25, 0.3) is 20.7 Å². The molecule has 3 fully saturated rings. The largest absolute Gasteiger partial charge is 0.503 e. The number of ether oxygens (including phenoxy) is 1. The van der Waals surface area contributed by atoms with Crippen LogP contribution in [-0.2, 0) is 32.8 Å². The van der Waals surface area contributed by atoms with Crippen LogP contribution in [0.2, 0.25) is 10.0 Å². The van der Waals surface area contributed by atoms with Crippen LogP contribution >= 0.6 is 34.5 Å². The number of amides is 4. The smallest absolute Gasteiger partial charge is 0.242 e. The predicted molar refractivity (Wildman–Crippen MR) is 210 cm³/mol. The highest BCUT2D eigenvalue weighted by Gasteiger charge is 2.68. The molecule has 2 saturated heterocycles. The van der Waals surface area contributed by atoms with Crippen molar-refractivity contribution >= 4 is 74.1 Å². The Morgan fingerprint density at radius 2 is 1.75 bits per heavy atom. The van der Waals surface area contributed by atoms with Crippen LogP contribution in [0.15, 0.2) is 78.4 Å². The topological polar surface area (TPSA) is 122 Å². The van der Waals surface area contributed by atoms with E-state index in [-0.39, 0.29) is 41.3 Å². The van der Waals surface area contributed by atoms with Crippen LogP contribution in [0.5, 0.6) is 11.5 Å². The number of halogens is 2. The molecule has 4 aliphatic rings. The summed E-state index contributed by atoms with van der Waals surface area (Å²) in [6, 6.07) is 20.1. The van der Waals surface area contributed by atoms with Gasteiger partial charge >= 0.3 is 0 Å². The second kappa shape index (κ2) is 12.8. The van der Waals surface area contributed by atoms with E-state index in [1.54, 1.807) is 48.2 Å². The van der Waals surface area contributed by atoms with Gasteiger partial charge in [-0.15, -0.1) is 11.3 Å². The number of likely N-dealkylation sites (tertiary alicyclic amines) is 1. The highest BCUT2D eigenvalue weighted by Crippen LogP contribution is 2.64. The number of fused-ring (bicyclic) bond motifs is 5. The van der Waals surface area contributed by atoms with Crippen molar-refractivity contribution in [2.75, 3.05) is 12.0 Å². The molecule has 1 N–H and O–H groups in total. The van der Waals surface area contributed by atoms with E-state index in [0.717, 1.165) is 31.7 Å². The van der Waals surface area contributed by atoms with E-state index in [1.165, 1.54) is 16.9 Å². The molecular weight excluding hydrogens is 759 g/mol. The molecule has 2 aliphatic heterocycles. The average molecular weight is 796 g/mol. The van der Waals surface area contributed by atoms with Gasteiger partial charge in [-0.3, -0.25) is 28.8 Å². The number of carbonyl (C=O) groups is 4. The number of phenolic OH excluding ortho intramolecular Hbond substituents is 1. The summed E-state index contributed by atoms with van der Waals surface area (Å²) in [6.07, 6.45) is 2.49. The Kier molecular flexibility index (Phi) is 8.31. The van der Waals surface area contributed by atoms with Crippen LogP contribution in [-0.4, -0.2) is 50.5 Å². The molecule has 5 aromatic rings. The molecule has 2 aromatic heterocycles. The van der Waals surface area contributed by atoms with Crippen molar-refractivity contribution < 1.29 is 29.0 Å². The van der Waals surface area contributed by atoms with E-state index in [9.17, 15) is 19.5 Å². The zero-order valence-electron chi connectivity index (χ0n) is 30.4. The first-order chi connectivity index (χ1) is 26.3. The van der Waals surface area contributed by atoms with E-state index in [0.29, 0.717) is 28.5 Å². The van der Waals surface area contributed by atoms with Gasteiger partial charge in [0.2, 0.25) is 23.6 Å². The summed E-state index contributed by atoms with van der Waals surface area (Å²) >= 11 is 14.5. The maximum Gasteiger partial charge on any atom is 0.242 e. The number of methoxy groups -OCH3 is 1. The maximum atomic E-state index is 15.2. The molecule has 4 heterocycles. The van der Waals surface area contributed by atoms with Crippen LogP contribution in [0, 0.1) is 36.0 Å². The molecule has 0 spiro atoms. The number of nitrogens with zero attached hydrogens (tertiary/aromatic N) is 4. The van der Waals surface area contributed by atoms with Gasteiger partial charge in [0.1, 0.15) is 11.5 Å². The molecule has 0 radical (unpaired) electrons. The number of imide groups is 2. The van der Waals surface area contributed by atoms with Crippen LogP contribution in [0.1, 0.15) is 42.4 Å². The summed E-state index contributed by atoms with van der Waals surface area (Å²) in [6.45, 7) is 3.96. The molecule has 0 unspecified atom stereocenters. The fraction of sp³-hybridized carbons (Fsp3) is 0.310. The normalized spacial score (nSPS) is 26.1. The second-order valence-corrected chi connectivity index (χ2v) is 17.1. The standard InChI is InChI=1S/C42H36Cl2N4O6S/c1-20-26-16-23(43)10-13-32(26)55-37(20)30-18-33(46(3)45-30)48-39(51)28-17-27-24(35(42(28,2)41(48)53)22-14-29(44)36(49)31(15-22)54-4)11-12-25-34(27)40(52)47(38(25)50)19-21-8-6-5-7-9-21/h5-11,13-16,18,25,27-28,34-35,49H,12,17,19H2,1-4H3/t25-,27+,28-,34-,35-,42+/m0/s1. The lowest BCUT2D eigenvalue weighted by Gasteiger charge is -2.49. The lowest BCUT2D eigenvalue weighted by molar-refractivity contribution is -0.141. The summed E-state index contributed by atoms with van der Waals surface area (Å²) in [4.78, 5) is 61.9. The van der Waals surface area contributed by atoms with E-state index in [4.69, 9.17) is 33.0 Å². The van der Waals surface area contributed by atoms with Gasteiger partial charge in [-0.1, -0.05) is 65.2 Å². The molecule has 55 heavy (non-hydrogen) atoms. The highest BCUT2D eigenvalue weighted by molar-refractivity contribution is 7.22. The molecule has 10 nitrogen and oxygen atoms in total. The number of rotatable bonds is 6. The second-order valence-electron chi connectivity index (χ2n) is 15.2. The van der Waals surface area contributed by atoms with Gasteiger partial charge in [-0.05, 0) is 85.0 Å². The third kappa shape index (κ3) is 5.16. The first kappa shape index (κ1) is 35.7. The number of hydrogen-bond donors (Lipinski definition) is 1. The quantitative estimate of drug-likeness (QED) is 0.136. The predicted octanol–water partition coefficient (Wildman–Crippen LogP) is 8.06. The van der Waals surface area contributed by atoms with Gasteiger partial charge in [0.25, 0.3) is 0 Å². The third-order valence-electron chi connectivity index (χ3n) is 12.4. The number of benzene rings is 3. The Morgan fingerprint density at radius 1 is 0.982 bits per heavy atom. The molecule has 3 aromatic carbocycles. The van der Waals surface area contributed by atoms with Gasteiger partial charge < -0.3 is 9.84 Å². The zero-order valence-corrected chi connectivity index (χ0v) is 32.7. The number of phenols is 1. The summed E-state index contributed by atoms with van der Waals surface area (Å²) in [5, 5.41) is 17.2. The summed E-state index contributed by atoms with van der Waals surface area (Å²) in [5.74, 6) is -4.52. The van der Waals surface area contributed by atoms with Gasteiger partial charge in [-0.2, -0.15) is 5.10 Å². The lowest BCUT2D eigenvalue weighted by Crippen LogP contribution is -2.48. The highest BCUT2D eigenvalue weighted by atomic mass is 35.5. The fourth-order valence-corrected chi connectivity index (χ4v) is 11.3. The lowest BCUT2D eigenvalue weighted by atomic mass is 9.51. The molecule has 13 heteroatoms. The summed E-state index contributed by atoms with van der Waals surface area (Å²) in [5.41, 5.74) is 2.49. The number of anilines is 1. The molecule has 1 saturated carbocycles. The van der Waals surface area contributed by atoms with Gasteiger partial charge in [0, 0.05) is 28.8 Å². The number of thiophene rings is 1. The summed E-state index contributed by atoms with van der Waals surface area (Å²) in [7, 11) is 3.12. The number of aryl methyl sites for hydroxylation is 2. The maximum absolute atomic E-state index is 15.2. The average Bonchev–Trinajstić information content (AvgIpc) is 3.84. The minimum atomic E-state index is -1.33. The van der Waals surface area contributed by atoms with Crippen molar-refractivity contribution in [1.29, 1.82) is 0 Å². The Labute approximate surface area is 330 Å². The van der Waals surface area contributed by atoms with E-state index < -0.39 is 46.8 Å². The summed E-state index contributed by atoms with van der Waals surface area (Å²) < 4.78 is 8.10. The zero-order chi connectivity index (χ0) is 38.7. The first-order valence-electron chi connectivity index (χ1n) is 18.1. The van der Waals surface area contributed by atoms with Crippen LogP contribution in [0.4, 0.5) is 5.82 Å². The Morgan fingerprint density at radius 3 is 2.49 bits per heavy atom. The fourth-order valence-electron chi connectivity index (χ4n) is 9.73. The van der Waals surface area contributed by atoms with Gasteiger partial charge in [-0.25, -0.2) is 4.90 Å². The molecule has 0 bridgehead atoms. The monoisotopic (exact) mass is 794 g/mol.